The zero-order valence-electron chi connectivity index (χ0n) is 16.5. The molecule has 13 heteroatoms. The Kier molecular flexibility index (Phi) is 9.68. The van der Waals surface area contributed by atoms with Gasteiger partial charge in [0.1, 0.15) is 18.6 Å². The number of rotatable bonds is 12. The second-order valence-corrected chi connectivity index (χ2v) is 6.98. The van der Waals surface area contributed by atoms with Gasteiger partial charge >= 0.3 is 5.97 Å². The van der Waals surface area contributed by atoms with Crippen molar-refractivity contribution in [1.29, 1.82) is 0 Å². The van der Waals surface area contributed by atoms with Crippen LogP contribution in [0.3, 0.4) is 0 Å². The number of carboxylic acids is 1. The van der Waals surface area contributed by atoms with Gasteiger partial charge in [-0.15, -0.1) is 0 Å². The van der Waals surface area contributed by atoms with Gasteiger partial charge in [-0.3, -0.25) is 28.8 Å². The number of amides is 5. The van der Waals surface area contributed by atoms with Crippen molar-refractivity contribution in [3.05, 3.63) is 0 Å². The van der Waals surface area contributed by atoms with Gasteiger partial charge in [-0.25, -0.2) is 0 Å². The summed E-state index contributed by atoms with van der Waals surface area (Å²) in [7, 11) is 0. The summed E-state index contributed by atoms with van der Waals surface area (Å²) in [6, 6.07) is -3.10. The molecule has 1 aliphatic heterocycles. The lowest BCUT2D eigenvalue weighted by atomic mass is 10.1. The normalized spacial score (nSPS) is 17.6. The lowest BCUT2D eigenvalue weighted by Gasteiger charge is -2.28. The van der Waals surface area contributed by atoms with E-state index in [-0.39, 0.29) is 32.2 Å². The highest BCUT2D eigenvalue weighted by atomic mass is 16.4. The van der Waals surface area contributed by atoms with E-state index in [0.29, 0.717) is 12.8 Å². The summed E-state index contributed by atoms with van der Waals surface area (Å²) in [5, 5.41) is 13.3. The topological polar surface area (TPSA) is 228 Å². The molecule has 13 nitrogen and oxygen atoms in total. The standard InChI is InChI=1S/C17H28N6O7/c18-9(3-5-12(19)24)17(30)23-7-1-2-11(23)16(29)22-10(4-6-13(20)25)15(28)21-8-14(26)27/h9-11H,1-8,18H2,(H2,19,24)(H2,20,25)(H,21,28)(H,22,29)(H,26,27)/t9-,10-,11-/m0/s1. The second-order valence-electron chi connectivity index (χ2n) is 6.98. The van der Waals surface area contributed by atoms with Gasteiger partial charge in [0.2, 0.25) is 29.5 Å². The Balaban J connectivity index is 2.80. The van der Waals surface area contributed by atoms with E-state index >= 15 is 0 Å². The molecule has 0 aromatic rings. The van der Waals surface area contributed by atoms with Crippen molar-refractivity contribution in [3.8, 4) is 0 Å². The number of primary amides is 2. The van der Waals surface area contributed by atoms with Crippen molar-refractivity contribution in [2.75, 3.05) is 13.1 Å². The summed E-state index contributed by atoms with van der Waals surface area (Å²) in [5.41, 5.74) is 15.9. The number of hydrogen-bond acceptors (Lipinski definition) is 7. The highest BCUT2D eigenvalue weighted by molar-refractivity contribution is 5.94. The number of hydrogen-bond donors (Lipinski definition) is 6. The van der Waals surface area contributed by atoms with E-state index in [1.807, 2.05) is 0 Å². The number of carboxylic acid groups (broad SMARTS) is 1. The quantitative estimate of drug-likeness (QED) is 0.182. The Hall–Kier alpha value is -3.22. The molecule has 1 heterocycles. The monoisotopic (exact) mass is 428 g/mol. The first-order valence-corrected chi connectivity index (χ1v) is 9.45. The number of nitrogens with one attached hydrogen (secondary N) is 2. The van der Waals surface area contributed by atoms with Crippen LogP contribution in [-0.4, -0.2) is 76.7 Å². The predicted octanol–water partition coefficient (Wildman–Crippen LogP) is -3.48. The van der Waals surface area contributed by atoms with Gasteiger partial charge in [0.15, 0.2) is 0 Å². The molecule has 0 radical (unpaired) electrons. The molecular formula is C17H28N6O7. The molecule has 1 aliphatic rings. The minimum Gasteiger partial charge on any atom is -0.480 e. The van der Waals surface area contributed by atoms with Crippen molar-refractivity contribution in [2.45, 2.75) is 56.7 Å². The average Bonchev–Trinajstić information content (AvgIpc) is 3.16. The van der Waals surface area contributed by atoms with Crippen molar-refractivity contribution in [1.82, 2.24) is 15.5 Å². The zero-order valence-corrected chi connectivity index (χ0v) is 16.5. The summed E-state index contributed by atoms with van der Waals surface area (Å²) < 4.78 is 0. The Morgan fingerprint density at radius 2 is 1.63 bits per heavy atom. The number of carbonyl (C=O) groups is 6. The molecule has 1 saturated heterocycles. The van der Waals surface area contributed by atoms with Crippen LogP contribution < -0.4 is 27.8 Å². The highest BCUT2D eigenvalue weighted by Gasteiger charge is 2.37. The summed E-state index contributed by atoms with van der Waals surface area (Å²) >= 11 is 0. The van der Waals surface area contributed by atoms with Gasteiger partial charge in [0.25, 0.3) is 0 Å². The fraction of sp³-hybridized carbons (Fsp3) is 0.647. The van der Waals surface area contributed by atoms with Crippen LogP contribution in [0.2, 0.25) is 0 Å². The lowest BCUT2D eigenvalue weighted by Crippen LogP contribution is -2.55. The number of nitrogens with zero attached hydrogens (tertiary/aromatic N) is 1. The first-order chi connectivity index (χ1) is 14.0. The molecule has 0 aromatic heterocycles. The van der Waals surface area contributed by atoms with E-state index in [1.165, 1.54) is 4.90 Å². The molecule has 3 atom stereocenters. The van der Waals surface area contributed by atoms with Gasteiger partial charge in [0, 0.05) is 19.4 Å². The summed E-state index contributed by atoms with van der Waals surface area (Å²) in [6.07, 6.45) is 0.485. The largest absolute Gasteiger partial charge is 0.480 e. The molecule has 1 rings (SSSR count). The van der Waals surface area contributed by atoms with E-state index in [2.05, 4.69) is 10.6 Å². The molecule has 0 bridgehead atoms. The Labute approximate surface area is 172 Å². The third-order valence-corrected chi connectivity index (χ3v) is 4.58. The van der Waals surface area contributed by atoms with E-state index in [0.717, 1.165) is 0 Å². The third-order valence-electron chi connectivity index (χ3n) is 4.58. The SMILES string of the molecule is NC(=O)CC[C@H](NC(=O)[C@@H]1CCCN1C(=O)[C@@H](N)CCC(N)=O)C(=O)NCC(=O)O. The molecule has 1 fully saturated rings. The van der Waals surface area contributed by atoms with Gasteiger partial charge in [-0.05, 0) is 25.7 Å². The summed E-state index contributed by atoms with van der Waals surface area (Å²) in [6.45, 7) is -0.386. The van der Waals surface area contributed by atoms with E-state index in [9.17, 15) is 28.8 Å². The lowest BCUT2D eigenvalue weighted by molar-refractivity contribution is -0.141. The van der Waals surface area contributed by atoms with Crippen LogP contribution >= 0.6 is 0 Å². The number of nitrogens with two attached hydrogens (primary N) is 3. The van der Waals surface area contributed by atoms with E-state index in [1.54, 1.807) is 0 Å². The van der Waals surface area contributed by atoms with Gasteiger partial charge in [-0.2, -0.15) is 0 Å². The summed E-state index contributed by atoms with van der Waals surface area (Å²) in [5.74, 6) is -4.51. The van der Waals surface area contributed by atoms with Crippen LogP contribution in [-0.2, 0) is 28.8 Å². The van der Waals surface area contributed by atoms with Crippen LogP contribution in [0.25, 0.3) is 0 Å². The first-order valence-electron chi connectivity index (χ1n) is 9.45. The third kappa shape index (κ3) is 8.03. The van der Waals surface area contributed by atoms with Gasteiger partial charge < -0.3 is 37.8 Å². The maximum absolute atomic E-state index is 12.7. The molecule has 168 valence electrons. The van der Waals surface area contributed by atoms with Gasteiger partial charge in [0.05, 0.1) is 6.04 Å². The molecule has 0 aromatic carbocycles. The fourth-order valence-electron chi connectivity index (χ4n) is 3.05. The minimum atomic E-state index is -1.28. The van der Waals surface area contributed by atoms with Crippen LogP contribution in [0.15, 0.2) is 0 Å². The average molecular weight is 428 g/mol. The minimum absolute atomic E-state index is 0.0395. The first kappa shape index (κ1) is 24.8. The fourth-order valence-corrected chi connectivity index (χ4v) is 3.05. The molecule has 9 N–H and O–H groups in total. The van der Waals surface area contributed by atoms with Crippen molar-refractivity contribution >= 4 is 35.5 Å². The van der Waals surface area contributed by atoms with Crippen molar-refractivity contribution in [3.63, 3.8) is 0 Å². The molecule has 5 amide bonds. The molecule has 0 saturated carbocycles. The number of aliphatic carboxylic acids is 1. The van der Waals surface area contributed by atoms with Crippen molar-refractivity contribution in [2.24, 2.45) is 17.2 Å². The smallest absolute Gasteiger partial charge is 0.322 e. The number of likely N-dealkylation sites (tertiary alicyclic amines) is 1. The molecule has 0 aliphatic carbocycles. The Morgan fingerprint density at radius 3 is 2.20 bits per heavy atom. The molecule has 0 spiro atoms. The summed E-state index contributed by atoms with van der Waals surface area (Å²) in [4.78, 5) is 71.3. The molecular weight excluding hydrogens is 400 g/mol. The van der Waals surface area contributed by atoms with Crippen LogP contribution in [0.4, 0.5) is 0 Å². The molecule has 0 unspecified atom stereocenters. The zero-order chi connectivity index (χ0) is 22.8. The van der Waals surface area contributed by atoms with Gasteiger partial charge in [-0.1, -0.05) is 0 Å². The maximum Gasteiger partial charge on any atom is 0.322 e. The highest BCUT2D eigenvalue weighted by Crippen LogP contribution is 2.19. The Bertz CT molecular complexity index is 698. The van der Waals surface area contributed by atoms with E-state index in [4.69, 9.17) is 22.3 Å². The van der Waals surface area contributed by atoms with Crippen LogP contribution in [0.5, 0.6) is 0 Å². The maximum atomic E-state index is 12.7. The second kappa shape index (κ2) is 11.7. The number of carbonyl (C=O) groups excluding carboxylic acids is 5. The van der Waals surface area contributed by atoms with Crippen LogP contribution in [0.1, 0.15) is 38.5 Å². The molecule has 30 heavy (non-hydrogen) atoms. The Morgan fingerprint density at radius 1 is 1.03 bits per heavy atom. The van der Waals surface area contributed by atoms with Crippen molar-refractivity contribution < 1.29 is 33.9 Å². The van der Waals surface area contributed by atoms with E-state index < -0.39 is 60.2 Å². The van der Waals surface area contributed by atoms with Crippen LogP contribution in [0, 0.1) is 0 Å². The predicted molar refractivity (Wildman–Crippen MR) is 102 cm³/mol.